The molecule has 2 aromatic carbocycles. The summed E-state index contributed by atoms with van der Waals surface area (Å²) < 4.78 is 41.0. The lowest BCUT2D eigenvalue weighted by atomic mass is 9.71. The van der Waals surface area contributed by atoms with E-state index < -0.39 is 6.36 Å². The Labute approximate surface area is 201 Å². The van der Waals surface area contributed by atoms with Crippen LogP contribution < -0.4 is 4.74 Å². The van der Waals surface area contributed by atoms with Crippen LogP contribution in [0.5, 0.6) is 5.75 Å². The standard InChI is InChI=1S/C28H35F3N2O/c1-3-8-22(9-4-2)23-14-16-25(17-15-23)27(24-10-6-5-7-11-24)33-32-20-21-12-18-26(19-13-21)34-28(29,30)31/h5-7,10-13,18-20,22-23,25H,3-4,8-9,14-17H2,1-2H3/t23-,25-. The van der Waals surface area contributed by atoms with Crippen LogP contribution >= 0.6 is 0 Å². The predicted molar refractivity (Wildman–Crippen MR) is 132 cm³/mol. The van der Waals surface area contributed by atoms with E-state index in [1.54, 1.807) is 6.21 Å². The SMILES string of the molecule is CCCC(CCC)[C@H]1CC[C@H](C(=NN=Cc2ccc(OC(F)(F)F)cc2)c2ccccc2)CC1. The van der Waals surface area contributed by atoms with E-state index in [1.807, 2.05) is 18.2 Å². The first-order valence-electron chi connectivity index (χ1n) is 12.4. The Kier molecular flexibility index (Phi) is 9.73. The summed E-state index contributed by atoms with van der Waals surface area (Å²) in [5.74, 6) is 1.74. The van der Waals surface area contributed by atoms with E-state index in [0.29, 0.717) is 11.5 Å². The van der Waals surface area contributed by atoms with Crippen LogP contribution in [0, 0.1) is 17.8 Å². The Morgan fingerprint density at radius 3 is 2.12 bits per heavy atom. The summed E-state index contributed by atoms with van der Waals surface area (Å²) in [5.41, 5.74) is 2.74. The highest BCUT2D eigenvalue weighted by Crippen LogP contribution is 2.38. The lowest BCUT2D eigenvalue weighted by Gasteiger charge is -2.34. The minimum absolute atomic E-state index is 0.251. The van der Waals surface area contributed by atoms with Crippen molar-refractivity contribution in [2.24, 2.45) is 28.0 Å². The number of benzene rings is 2. The summed E-state index contributed by atoms with van der Waals surface area (Å²) in [4.78, 5) is 0. The van der Waals surface area contributed by atoms with Crippen LogP contribution in [0.25, 0.3) is 0 Å². The molecule has 0 saturated heterocycles. The molecular weight excluding hydrogens is 437 g/mol. The molecule has 0 N–H and O–H groups in total. The number of rotatable bonds is 10. The topological polar surface area (TPSA) is 34.0 Å². The Morgan fingerprint density at radius 1 is 0.941 bits per heavy atom. The van der Waals surface area contributed by atoms with Gasteiger partial charge in [0.1, 0.15) is 5.75 Å². The molecule has 0 amide bonds. The van der Waals surface area contributed by atoms with Gasteiger partial charge in [0.25, 0.3) is 0 Å². The third kappa shape index (κ3) is 8.00. The summed E-state index contributed by atoms with van der Waals surface area (Å²) >= 11 is 0. The molecule has 3 nitrogen and oxygen atoms in total. The van der Waals surface area contributed by atoms with Gasteiger partial charge < -0.3 is 4.74 Å². The van der Waals surface area contributed by atoms with Crippen LogP contribution in [0.4, 0.5) is 13.2 Å². The molecular formula is C28H35F3N2O. The van der Waals surface area contributed by atoms with Crippen molar-refractivity contribution in [2.45, 2.75) is 71.6 Å². The molecule has 1 aliphatic rings. The molecule has 0 spiro atoms. The van der Waals surface area contributed by atoms with Crippen molar-refractivity contribution in [3.05, 3.63) is 65.7 Å². The first-order valence-corrected chi connectivity index (χ1v) is 12.4. The third-order valence-corrected chi connectivity index (χ3v) is 6.70. The number of hydrogen-bond acceptors (Lipinski definition) is 3. The Hall–Kier alpha value is -2.63. The Morgan fingerprint density at radius 2 is 1.56 bits per heavy atom. The second-order valence-corrected chi connectivity index (χ2v) is 9.16. The van der Waals surface area contributed by atoms with Crippen LogP contribution in [-0.2, 0) is 0 Å². The molecule has 34 heavy (non-hydrogen) atoms. The highest BCUT2D eigenvalue weighted by atomic mass is 19.4. The second kappa shape index (κ2) is 12.7. The van der Waals surface area contributed by atoms with Gasteiger partial charge in [0, 0.05) is 5.92 Å². The smallest absolute Gasteiger partial charge is 0.406 e. The zero-order valence-electron chi connectivity index (χ0n) is 20.1. The van der Waals surface area contributed by atoms with Crippen LogP contribution in [0.1, 0.15) is 76.3 Å². The Bertz CT molecular complexity index is 909. The monoisotopic (exact) mass is 472 g/mol. The molecule has 6 heteroatoms. The zero-order valence-corrected chi connectivity index (χ0v) is 20.1. The first-order chi connectivity index (χ1) is 16.4. The molecule has 3 rings (SSSR count). The molecule has 0 aromatic heterocycles. The number of hydrogen-bond donors (Lipinski definition) is 0. The Balaban J connectivity index is 1.71. The van der Waals surface area contributed by atoms with E-state index >= 15 is 0 Å². The fourth-order valence-corrected chi connectivity index (χ4v) is 5.12. The molecule has 184 valence electrons. The van der Waals surface area contributed by atoms with Gasteiger partial charge >= 0.3 is 6.36 Å². The molecule has 1 fully saturated rings. The van der Waals surface area contributed by atoms with E-state index in [2.05, 4.69) is 40.9 Å². The van der Waals surface area contributed by atoms with Gasteiger partial charge in [-0.1, -0.05) is 69.9 Å². The van der Waals surface area contributed by atoms with Crippen molar-refractivity contribution in [3.8, 4) is 5.75 Å². The summed E-state index contributed by atoms with van der Waals surface area (Å²) in [6, 6.07) is 15.8. The third-order valence-electron chi connectivity index (χ3n) is 6.70. The normalized spacial score (nSPS) is 19.6. The van der Waals surface area contributed by atoms with Crippen molar-refractivity contribution in [1.29, 1.82) is 0 Å². The van der Waals surface area contributed by atoms with Gasteiger partial charge in [-0.3, -0.25) is 0 Å². The maximum Gasteiger partial charge on any atom is 0.573 e. The van der Waals surface area contributed by atoms with Gasteiger partial charge in [0.15, 0.2) is 0 Å². The molecule has 0 atom stereocenters. The molecule has 0 bridgehead atoms. The first kappa shape index (κ1) is 26.0. The number of halogens is 3. The highest BCUT2D eigenvalue weighted by Gasteiger charge is 2.31. The van der Waals surface area contributed by atoms with Crippen LogP contribution in [-0.4, -0.2) is 18.3 Å². The van der Waals surface area contributed by atoms with E-state index in [9.17, 15) is 13.2 Å². The van der Waals surface area contributed by atoms with Crippen LogP contribution in [0.3, 0.4) is 0 Å². The largest absolute Gasteiger partial charge is 0.573 e. The fraction of sp³-hybridized carbons (Fsp3) is 0.500. The quantitative estimate of drug-likeness (QED) is 0.252. The van der Waals surface area contributed by atoms with Gasteiger partial charge in [-0.05, 0) is 72.9 Å². The van der Waals surface area contributed by atoms with Gasteiger partial charge in [-0.2, -0.15) is 10.2 Å². The summed E-state index contributed by atoms with van der Waals surface area (Å²) in [7, 11) is 0. The molecule has 0 aliphatic heterocycles. The molecule has 1 aliphatic carbocycles. The van der Waals surface area contributed by atoms with Gasteiger partial charge in [-0.25, -0.2) is 0 Å². The summed E-state index contributed by atoms with van der Waals surface area (Å²) in [6.45, 7) is 4.56. The van der Waals surface area contributed by atoms with E-state index in [0.717, 1.165) is 36.0 Å². The van der Waals surface area contributed by atoms with Crippen LogP contribution in [0.15, 0.2) is 64.8 Å². The van der Waals surface area contributed by atoms with Gasteiger partial charge in [0.2, 0.25) is 0 Å². The van der Waals surface area contributed by atoms with Crippen molar-refractivity contribution in [1.82, 2.24) is 0 Å². The highest BCUT2D eigenvalue weighted by molar-refractivity contribution is 6.02. The lowest BCUT2D eigenvalue weighted by molar-refractivity contribution is -0.274. The summed E-state index contributed by atoms with van der Waals surface area (Å²) in [6.07, 6.45) is 6.69. The average Bonchev–Trinajstić information content (AvgIpc) is 2.83. The number of ether oxygens (including phenoxy) is 1. The predicted octanol–water partition coefficient (Wildman–Crippen LogP) is 8.43. The van der Waals surface area contributed by atoms with E-state index in [-0.39, 0.29) is 5.75 Å². The van der Waals surface area contributed by atoms with E-state index in [4.69, 9.17) is 0 Å². The van der Waals surface area contributed by atoms with Crippen molar-refractivity contribution < 1.29 is 17.9 Å². The number of alkyl halides is 3. The molecule has 0 heterocycles. The maximum atomic E-state index is 12.4. The summed E-state index contributed by atoms with van der Waals surface area (Å²) in [5, 5.41) is 8.92. The lowest BCUT2D eigenvalue weighted by Crippen LogP contribution is -2.26. The number of nitrogens with zero attached hydrogens (tertiary/aromatic N) is 2. The minimum Gasteiger partial charge on any atom is -0.406 e. The molecule has 1 saturated carbocycles. The second-order valence-electron chi connectivity index (χ2n) is 9.16. The van der Waals surface area contributed by atoms with E-state index in [1.165, 1.54) is 62.8 Å². The minimum atomic E-state index is -4.70. The molecule has 0 radical (unpaired) electrons. The zero-order chi connectivity index (χ0) is 24.4. The van der Waals surface area contributed by atoms with Crippen LogP contribution in [0.2, 0.25) is 0 Å². The molecule has 0 unspecified atom stereocenters. The maximum absolute atomic E-state index is 12.4. The van der Waals surface area contributed by atoms with Gasteiger partial charge in [-0.15, -0.1) is 13.2 Å². The van der Waals surface area contributed by atoms with Gasteiger partial charge in [0.05, 0.1) is 11.9 Å². The van der Waals surface area contributed by atoms with Crippen molar-refractivity contribution in [2.75, 3.05) is 0 Å². The molecule has 2 aromatic rings. The van der Waals surface area contributed by atoms with Crippen molar-refractivity contribution in [3.63, 3.8) is 0 Å². The van der Waals surface area contributed by atoms with Crippen molar-refractivity contribution >= 4 is 11.9 Å². The average molecular weight is 473 g/mol. The fourth-order valence-electron chi connectivity index (χ4n) is 5.12.